The van der Waals surface area contributed by atoms with Crippen LogP contribution in [0.2, 0.25) is 0 Å². The second-order valence-electron chi connectivity index (χ2n) is 4.70. The monoisotopic (exact) mass is 294 g/mol. The number of carboxylic acids is 1. The SMILES string of the molecule is O=C(O)COc1cccc(NC(=O)NC2CCOCC2)c1. The normalized spacial score (nSPS) is 15.2. The number of rotatable bonds is 5. The summed E-state index contributed by atoms with van der Waals surface area (Å²) in [6.07, 6.45) is 1.60. The zero-order valence-corrected chi connectivity index (χ0v) is 11.5. The first-order valence-corrected chi connectivity index (χ1v) is 6.73. The Morgan fingerprint density at radius 2 is 2.10 bits per heavy atom. The number of aliphatic carboxylic acids is 1. The summed E-state index contributed by atoms with van der Waals surface area (Å²) in [6.45, 7) is 0.893. The second-order valence-corrected chi connectivity index (χ2v) is 4.70. The van der Waals surface area contributed by atoms with E-state index in [0.717, 1.165) is 12.8 Å². The molecule has 2 amide bonds. The zero-order chi connectivity index (χ0) is 15.1. The highest BCUT2D eigenvalue weighted by Gasteiger charge is 2.16. The van der Waals surface area contributed by atoms with Gasteiger partial charge in [-0.3, -0.25) is 0 Å². The molecule has 0 aromatic heterocycles. The highest BCUT2D eigenvalue weighted by molar-refractivity contribution is 5.89. The van der Waals surface area contributed by atoms with Crippen LogP contribution in [-0.2, 0) is 9.53 Å². The lowest BCUT2D eigenvalue weighted by Gasteiger charge is -2.23. The van der Waals surface area contributed by atoms with Crippen molar-refractivity contribution in [2.24, 2.45) is 0 Å². The topological polar surface area (TPSA) is 96.9 Å². The van der Waals surface area contributed by atoms with Crippen LogP contribution in [0.1, 0.15) is 12.8 Å². The van der Waals surface area contributed by atoms with Gasteiger partial charge >= 0.3 is 12.0 Å². The number of carbonyl (C=O) groups is 2. The molecule has 0 spiro atoms. The summed E-state index contributed by atoms with van der Waals surface area (Å²) >= 11 is 0. The minimum atomic E-state index is -1.05. The lowest BCUT2D eigenvalue weighted by atomic mass is 10.1. The van der Waals surface area contributed by atoms with Gasteiger partial charge in [0.25, 0.3) is 0 Å². The quantitative estimate of drug-likeness (QED) is 0.763. The minimum Gasteiger partial charge on any atom is -0.482 e. The van der Waals surface area contributed by atoms with Crippen molar-refractivity contribution in [3.63, 3.8) is 0 Å². The molecular formula is C14H18N2O5. The third kappa shape index (κ3) is 5.31. The molecule has 2 rings (SSSR count). The van der Waals surface area contributed by atoms with Gasteiger partial charge in [0, 0.05) is 31.0 Å². The largest absolute Gasteiger partial charge is 0.482 e. The molecule has 1 aromatic carbocycles. The molecule has 0 unspecified atom stereocenters. The van der Waals surface area contributed by atoms with Gasteiger partial charge < -0.3 is 25.2 Å². The van der Waals surface area contributed by atoms with Crippen LogP contribution in [0.5, 0.6) is 5.75 Å². The van der Waals surface area contributed by atoms with Gasteiger partial charge in [0.15, 0.2) is 6.61 Å². The van der Waals surface area contributed by atoms with Gasteiger partial charge in [0.1, 0.15) is 5.75 Å². The second kappa shape index (κ2) is 7.49. The smallest absolute Gasteiger partial charge is 0.341 e. The third-order valence-electron chi connectivity index (χ3n) is 3.01. The summed E-state index contributed by atoms with van der Waals surface area (Å²) < 4.78 is 10.3. The van der Waals surface area contributed by atoms with Gasteiger partial charge in [-0.05, 0) is 25.0 Å². The van der Waals surface area contributed by atoms with E-state index in [1.54, 1.807) is 24.3 Å². The minimum absolute atomic E-state index is 0.116. The fraction of sp³-hybridized carbons (Fsp3) is 0.429. The van der Waals surface area contributed by atoms with Crippen molar-refractivity contribution in [2.45, 2.75) is 18.9 Å². The number of urea groups is 1. The highest BCUT2D eigenvalue weighted by Crippen LogP contribution is 2.17. The maximum Gasteiger partial charge on any atom is 0.341 e. The molecule has 7 heteroatoms. The van der Waals surface area contributed by atoms with E-state index in [1.165, 1.54) is 0 Å². The molecule has 1 aromatic rings. The maximum absolute atomic E-state index is 11.9. The van der Waals surface area contributed by atoms with Crippen LogP contribution in [0, 0.1) is 0 Å². The Kier molecular flexibility index (Phi) is 5.39. The van der Waals surface area contributed by atoms with Gasteiger partial charge in [-0.25, -0.2) is 9.59 Å². The Morgan fingerprint density at radius 3 is 2.81 bits per heavy atom. The Labute approximate surface area is 122 Å². The summed E-state index contributed by atoms with van der Waals surface area (Å²) in [5, 5.41) is 14.1. The number of nitrogens with one attached hydrogen (secondary N) is 2. The van der Waals surface area contributed by atoms with Crippen LogP contribution < -0.4 is 15.4 Å². The van der Waals surface area contributed by atoms with Crippen molar-refractivity contribution in [1.82, 2.24) is 5.32 Å². The van der Waals surface area contributed by atoms with Crippen molar-refractivity contribution >= 4 is 17.7 Å². The molecule has 1 fully saturated rings. The predicted octanol–water partition coefficient (Wildman–Crippen LogP) is 1.45. The van der Waals surface area contributed by atoms with Crippen LogP contribution in [-0.4, -0.2) is 43.0 Å². The standard InChI is InChI=1S/C14H18N2O5/c17-13(18)9-21-12-3-1-2-11(8-12)16-14(19)15-10-4-6-20-7-5-10/h1-3,8,10H,4-7,9H2,(H,17,18)(H2,15,16,19). The van der Waals surface area contributed by atoms with E-state index in [9.17, 15) is 9.59 Å². The van der Waals surface area contributed by atoms with E-state index < -0.39 is 12.6 Å². The Morgan fingerprint density at radius 1 is 1.33 bits per heavy atom. The van der Waals surface area contributed by atoms with Gasteiger partial charge in [-0.15, -0.1) is 0 Å². The van der Waals surface area contributed by atoms with Crippen LogP contribution in [0.4, 0.5) is 10.5 Å². The number of anilines is 1. The zero-order valence-electron chi connectivity index (χ0n) is 11.5. The molecule has 114 valence electrons. The molecule has 0 bridgehead atoms. The molecule has 1 saturated heterocycles. The van der Waals surface area contributed by atoms with Gasteiger partial charge in [0.2, 0.25) is 0 Å². The number of hydrogen-bond acceptors (Lipinski definition) is 4. The first-order chi connectivity index (χ1) is 10.1. The van der Waals surface area contributed by atoms with Crippen molar-refractivity contribution in [3.8, 4) is 5.75 Å². The summed E-state index contributed by atoms with van der Waals surface area (Å²) in [7, 11) is 0. The summed E-state index contributed by atoms with van der Waals surface area (Å²) in [5.41, 5.74) is 0.544. The average molecular weight is 294 g/mol. The molecule has 7 nitrogen and oxygen atoms in total. The third-order valence-corrected chi connectivity index (χ3v) is 3.01. The number of ether oxygens (including phenoxy) is 2. The Balaban J connectivity index is 1.85. The predicted molar refractivity (Wildman–Crippen MR) is 75.6 cm³/mol. The number of amides is 2. The summed E-state index contributed by atoms with van der Waals surface area (Å²) in [6, 6.07) is 6.41. The lowest BCUT2D eigenvalue weighted by Crippen LogP contribution is -2.41. The molecule has 3 N–H and O–H groups in total. The molecule has 0 saturated carbocycles. The average Bonchev–Trinajstić information content (AvgIpc) is 2.46. The van der Waals surface area contributed by atoms with Crippen LogP contribution in [0.3, 0.4) is 0 Å². The van der Waals surface area contributed by atoms with Gasteiger partial charge in [-0.1, -0.05) is 6.07 Å². The fourth-order valence-corrected chi connectivity index (χ4v) is 2.00. The molecule has 1 heterocycles. The van der Waals surface area contributed by atoms with Crippen LogP contribution in [0.15, 0.2) is 24.3 Å². The Hall–Kier alpha value is -2.28. The molecule has 1 aliphatic rings. The van der Waals surface area contributed by atoms with Crippen LogP contribution in [0.25, 0.3) is 0 Å². The number of carboxylic acid groups (broad SMARTS) is 1. The number of benzene rings is 1. The molecular weight excluding hydrogens is 276 g/mol. The number of hydrogen-bond donors (Lipinski definition) is 3. The molecule has 1 aliphatic heterocycles. The molecule has 0 aliphatic carbocycles. The van der Waals surface area contributed by atoms with Crippen molar-refractivity contribution in [2.75, 3.05) is 25.1 Å². The van der Waals surface area contributed by atoms with E-state index in [4.69, 9.17) is 14.6 Å². The molecule has 0 radical (unpaired) electrons. The van der Waals surface area contributed by atoms with Gasteiger partial charge in [-0.2, -0.15) is 0 Å². The van der Waals surface area contributed by atoms with E-state index in [0.29, 0.717) is 24.7 Å². The fourth-order valence-electron chi connectivity index (χ4n) is 2.00. The van der Waals surface area contributed by atoms with E-state index >= 15 is 0 Å². The summed E-state index contributed by atoms with van der Waals surface area (Å²) in [5.74, 6) is -0.660. The summed E-state index contributed by atoms with van der Waals surface area (Å²) in [4.78, 5) is 22.3. The molecule has 21 heavy (non-hydrogen) atoms. The van der Waals surface area contributed by atoms with Crippen molar-refractivity contribution in [3.05, 3.63) is 24.3 Å². The molecule has 0 atom stereocenters. The lowest BCUT2D eigenvalue weighted by molar-refractivity contribution is -0.139. The van der Waals surface area contributed by atoms with E-state index in [2.05, 4.69) is 10.6 Å². The Bertz CT molecular complexity index is 500. The van der Waals surface area contributed by atoms with E-state index in [-0.39, 0.29) is 12.1 Å². The first kappa shape index (κ1) is 15.1. The van der Waals surface area contributed by atoms with Crippen molar-refractivity contribution in [1.29, 1.82) is 0 Å². The van der Waals surface area contributed by atoms with Crippen molar-refractivity contribution < 1.29 is 24.2 Å². The van der Waals surface area contributed by atoms with E-state index in [1.807, 2.05) is 0 Å². The highest BCUT2D eigenvalue weighted by atomic mass is 16.5. The number of carbonyl (C=O) groups excluding carboxylic acids is 1. The van der Waals surface area contributed by atoms with Gasteiger partial charge in [0.05, 0.1) is 0 Å². The maximum atomic E-state index is 11.9. The first-order valence-electron chi connectivity index (χ1n) is 6.73. The van der Waals surface area contributed by atoms with Crippen LogP contribution >= 0.6 is 0 Å².